The van der Waals surface area contributed by atoms with Gasteiger partial charge in [-0.05, 0) is 46.4 Å². The highest BCUT2D eigenvalue weighted by Crippen LogP contribution is 2.15. The lowest BCUT2D eigenvalue weighted by atomic mass is 10.0. The summed E-state index contributed by atoms with van der Waals surface area (Å²) in [5, 5.41) is 0. The minimum absolute atomic E-state index is 0.837. The summed E-state index contributed by atoms with van der Waals surface area (Å²) in [6.45, 7) is 12.3. The third-order valence-electron chi connectivity index (χ3n) is 4.37. The molecule has 1 aliphatic heterocycles. The third-order valence-corrected chi connectivity index (χ3v) is 4.37. The summed E-state index contributed by atoms with van der Waals surface area (Å²) in [5.74, 6) is 0. The minimum Gasteiger partial charge on any atom is -0.309 e. The number of hydrogen-bond acceptors (Lipinski definition) is 3. The maximum absolute atomic E-state index is 2.73. The average Bonchev–Trinajstić information content (AvgIpc) is 2.41. The van der Waals surface area contributed by atoms with Crippen molar-refractivity contribution in [1.29, 1.82) is 0 Å². The number of rotatable bonds is 9. The van der Waals surface area contributed by atoms with Gasteiger partial charge in [0, 0.05) is 32.2 Å². The summed E-state index contributed by atoms with van der Waals surface area (Å²) in [7, 11) is 4.33. The molecule has 0 N–H and O–H groups in total. The fourth-order valence-corrected chi connectivity index (χ4v) is 3.05. The van der Waals surface area contributed by atoms with Gasteiger partial charge >= 0.3 is 0 Å². The van der Waals surface area contributed by atoms with E-state index in [1.165, 1.54) is 71.4 Å². The van der Waals surface area contributed by atoms with E-state index in [9.17, 15) is 0 Å². The molecule has 1 aliphatic rings. The maximum Gasteiger partial charge on any atom is 0.0113 e. The molecule has 19 heavy (non-hydrogen) atoms. The van der Waals surface area contributed by atoms with Crippen molar-refractivity contribution in [2.24, 2.45) is 0 Å². The minimum atomic E-state index is 0.837. The van der Waals surface area contributed by atoms with Gasteiger partial charge in [0.2, 0.25) is 0 Å². The molecule has 3 nitrogen and oxygen atoms in total. The van der Waals surface area contributed by atoms with Crippen LogP contribution >= 0.6 is 0 Å². The molecule has 0 amide bonds. The van der Waals surface area contributed by atoms with E-state index in [1.807, 2.05) is 0 Å². The standard InChI is InChI=1S/C16H35N3/c1-5-7-9-16(6-2)19-14-12-18(13-15-19)11-8-10-17(3)4/h16H,5-15H2,1-4H3. The number of hydrogen-bond donors (Lipinski definition) is 0. The van der Waals surface area contributed by atoms with Crippen LogP contribution in [0.3, 0.4) is 0 Å². The second kappa shape index (κ2) is 9.73. The van der Waals surface area contributed by atoms with Crippen molar-refractivity contribution in [2.75, 3.05) is 53.4 Å². The molecule has 0 aromatic rings. The smallest absolute Gasteiger partial charge is 0.0113 e. The van der Waals surface area contributed by atoms with Crippen LogP contribution in [0.1, 0.15) is 46.0 Å². The topological polar surface area (TPSA) is 9.72 Å². The van der Waals surface area contributed by atoms with E-state index in [2.05, 4.69) is 42.6 Å². The van der Waals surface area contributed by atoms with E-state index < -0.39 is 0 Å². The first-order chi connectivity index (χ1) is 9.17. The van der Waals surface area contributed by atoms with E-state index in [0.717, 1.165) is 6.04 Å². The van der Waals surface area contributed by atoms with Crippen molar-refractivity contribution >= 4 is 0 Å². The zero-order chi connectivity index (χ0) is 14.1. The summed E-state index contributed by atoms with van der Waals surface area (Å²) in [6, 6.07) is 0.837. The second-order valence-corrected chi connectivity index (χ2v) is 6.24. The Kier molecular flexibility index (Phi) is 8.67. The molecule has 0 aromatic heterocycles. The molecule has 0 radical (unpaired) electrons. The highest BCUT2D eigenvalue weighted by atomic mass is 15.3. The monoisotopic (exact) mass is 269 g/mol. The van der Waals surface area contributed by atoms with Gasteiger partial charge in [0.05, 0.1) is 0 Å². The Bertz CT molecular complexity index is 210. The first kappa shape index (κ1) is 16.9. The van der Waals surface area contributed by atoms with E-state index in [-0.39, 0.29) is 0 Å². The summed E-state index contributed by atoms with van der Waals surface area (Å²) in [4.78, 5) is 7.67. The fourth-order valence-electron chi connectivity index (χ4n) is 3.05. The van der Waals surface area contributed by atoms with Gasteiger partial charge in [-0.3, -0.25) is 4.90 Å². The van der Waals surface area contributed by atoms with E-state index in [4.69, 9.17) is 0 Å². The zero-order valence-corrected chi connectivity index (χ0v) is 13.7. The first-order valence-corrected chi connectivity index (χ1v) is 8.28. The van der Waals surface area contributed by atoms with Crippen LogP contribution in [-0.4, -0.2) is 74.1 Å². The van der Waals surface area contributed by atoms with Gasteiger partial charge in [-0.1, -0.05) is 26.7 Å². The van der Waals surface area contributed by atoms with Crippen LogP contribution in [0.2, 0.25) is 0 Å². The van der Waals surface area contributed by atoms with Crippen LogP contribution in [0.25, 0.3) is 0 Å². The molecule has 1 unspecified atom stereocenters. The predicted octanol–water partition coefficient (Wildman–Crippen LogP) is 2.52. The summed E-state index contributed by atoms with van der Waals surface area (Å²) in [6.07, 6.45) is 6.75. The molecular weight excluding hydrogens is 234 g/mol. The van der Waals surface area contributed by atoms with Gasteiger partial charge < -0.3 is 9.80 Å². The van der Waals surface area contributed by atoms with Crippen LogP contribution < -0.4 is 0 Å². The Balaban J connectivity index is 2.19. The Morgan fingerprint density at radius 1 is 1.00 bits per heavy atom. The molecule has 114 valence electrons. The highest BCUT2D eigenvalue weighted by Gasteiger charge is 2.21. The molecule has 1 rings (SSSR count). The van der Waals surface area contributed by atoms with Gasteiger partial charge in [0.25, 0.3) is 0 Å². The van der Waals surface area contributed by atoms with Crippen molar-refractivity contribution in [1.82, 2.24) is 14.7 Å². The van der Waals surface area contributed by atoms with E-state index >= 15 is 0 Å². The van der Waals surface area contributed by atoms with Crippen LogP contribution in [0.15, 0.2) is 0 Å². The van der Waals surface area contributed by atoms with Gasteiger partial charge in [-0.25, -0.2) is 0 Å². The highest BCUT2D eigenvalue weighted by molar-refractivity contribution is 4.78. The molecule has 1 atom stereocenters. The molecule has 1 saturated heterocycles. The quantitative estimate of drug-likeness (QED) is 0.637. The van der Waals surface area contributed by atoms with Crippen molar-refractivity contribution in [2.45, 2.75) is 52.0 Å². The maximum atomic E-state index is 2.73. The van der Waals surface area contributed by atoms with E-state index in [0.29, 0.717) is 0 Å². The lowest BCUT2D eigenvalue weighted by Gasteiger charge is -2.39. The molecule has 1 fully saturated rings. The van der Waals surface area contributed by atoms with Crippen molar-refractivity contribution in [3.63, 3.8) is 0 Å². The lowest BCUT2D eigenvalue weighted by molar-refractivity contribution is 0.0873. The van der Waals surface area contributed by atoms with Crippen LogP contribution in [0, 0.1) is 0 Å². The summed E-state index contributed by atoms with van der Waals surface area (Å²) in [5.41, 5.74) is 0. The Labute approximate surface area is 120 Å². The van der Waals surface area contributed by atoms with Gasteiger partial charge in [0.15, 0.2) is 0 Å². The van der Waals surface area contributed by atoms with Gasteiger partial charge in [-0.2, -0.15) is 0 Å². The van der Waals surface area contributed by atoms with Crippen molar-refractivity contribution < 1.29 is 0 Å². The largest absolute Gasteiger partial charge is 0.309 e. The SMILES string of the molecule is CCCCC(CC)N1CCN(CCCN(C)C)CC1. The Morgan fingerprint density at radius 2 is 1.68 bits per heavy atom. The fraction of sp³-hybridized carbons (Fsp3) is 1.00. The van der Waals surface area contributed by atoms with Crippen molar-refractivity contribution in [3.05, 3.63) is 0 Å². The third kappa shape index (κ3) is 6.73. The molecule has 0 saturated carbocycles. The van der Waals surface area contributed by atoms with Crippen LogP contribution in [-0.2, 0) is 0 Å². The normalized spacial score (nSPS) is 20.1. The summed E-state index contributed by atoms with van der Waals surface area (Å²) >= 11 is 0. The van der Waals surface area contributed by atoms with Crippen molar-refractivity contribution in [3.8, 4) is 0 Å². The summed E-state index contributed by atoms with van der Waals surface area (Å²) < 4.78 is 0. The predicted molar refractivity (Wildman–Crippen MR) is 84.8 cm³/mol. The molecule has 0 bridgehead atoms. The first-order valence-electron chi connectivity index (χ1n) is 8.28. The van der Waals surface area contributed by atoms with E-state index in [1.54, 1.807) is 0 Å². The molecule has 0 aromatic carbocycles. The van der Waals surface area contributed by atoms with Gasteiger partial charge in [0.1, 0.15) is 0 Å². The second-order valence-electron chi connectivity index (χ2n) is 6.24. The number of unbranched alkanes of at least 4 members (excludes halogenated alkanes) is 1. The molecule has 3 heteroatoms. The molecule has 0 spiro atoms. The van der Waals surface area contributed by atoms with Crippen LogP contribution in [0.4, 0.5) is 0 Å². The molecular formula is C16H35N3. The lowest BCUT2D eigenvalue weighted by Crippen LogP contribution is -2.50. The molecule has 0 aliphatic carbocycles. The number of nitrogens with zero attached hydrogens (tertiary/aromatic N) is 3. The zero-order valence-electron chi connectivity index (χ0n) is 13.7. The molecule has 1 heterocycles. The Morgan fingerprint density at radius 3 is 2.21 bits per heavy atom. The van der Waals surface area contributed by atoms with Gasteiger partial charge in [-0.15, -0.1) is 0 Å². The van der Waals surface area contributed by atoms with Crippen LogP contribution in [0.5, 0.6) is 0 Å². The average molecular weight is 269 g/mol. The Hall–Kier alpha value is -0.120. The number of piperazine rings is 1.